The molecule has 0 atom stereocenters. The Morgan fingerprint density at radius 1 is 1.17 bits per heavy atom. The van der Waals surface area contributed by atoms with Crippen LogP contribution in [-0.2, 0) is 11.2 Å². The summed E-state index contributed by atoms with van der Waals surface area (Å²) >= 11 is 11.8. The molecule has 0 unspecified atom stereocenters. The molecule has 0 aliphatic carbocycles. The number of anilines is 1. The van der Waals surface area contributed by atoms with E-state index >= 15 is 0 Å². The fourth-order valence-corrected chi connectivity index (χ4v) is 2.43. The molecular weight excluding hydrogens is 333 g/mol. The number of nitriles is 1. The quantitative estimate of drug-likeness (QED) is 0.838. The smallest absolute Gasteiger partial charge is 0.239 e. The van der Waals surface area contributed by atoms with Gasteiger partial charge in [-0.15, -0.1) is 0 Å². The van der Waals surface area contributed by atoms with E-state index in [4.69, 9.17) is 28.5 Å². The second kappa shape index (κ2) is 8.42. The number of hydrogen-bond acceptors (Lipinski definition) is 3. The molecule has 0 saturated heterocycles. The predicted octanol–water partition coefficient (Wildman–Crippen LogP) is 3.64. The van der Waals surface area contributed by atoms with Crippen molar-refractivity contribution in [1.82, 2.24) is 5.32 Å². The molecule has 2 N–H and O–H groups in total. The molecule has 0 radical (unpaired) electrons. The van der Waals surface area contributed by atoms with Gasteiger partial charge in [0.2, 0.25) is 5.91 Å². The van der Waals surface area contributed by atoms with Crippen molar-refractivity contribution < 1.29 is 4.79 Å². The van der Waals surface area contributed by atoms with Gasteiger partial charge in [0, 0.05) is 17.3 Å². The average Bonchev–Trinajstić information content (AvgIpc) is 2.53. The number of nitrogens with one attached hydrogen (secondary N) is 2. The molecule has 0 bridgehead atoms. The fourth-order valence-electron chi connectivity index (χ4n) is 2.00. The van der Waals surface area contributed by atoms with Crippen LogP contribution in [0.15, 0.2) is 42.5 Å². The van der Waals surface area contributed by atoms with E-state index in [0.29, 0.717) is 27.8 Å². The summed E-state index contributed by atoms with van der Waals surface area (Å²) < 4.78 is 0. The fraction of sp³-hybridized carbons (Fsp3) is 0.176. The second-order valence-electron chi connectivity index (χ2n) is 4.89. The predicted molar refractivity (Wildman–Crippen MR) is 92.8 cm³/mol. The third-order valence-electron chi connectivity index (χ3n) is 3.17. The van der Waals surface area contributed by atoms with Gasteiger partial charge in [0.25, 0.3) is 0 Å². The number of amides is 1. The van der Waals surface area contributed by atoms with Crippen molar-refractivity contribution in [2.24, 2.45) is 0 Å². The van der Waals surface area contributed by atoms with Gasteiger partial charge in [-0.1, -0.05) is 35.3 Å². The van der Waals surface area contributed by atoms with Gasteiger partial charge >= 0.3 is 0 Å². The molecule has 2 aromatic carbocycles. The van der Waals surface area contributed by atoms with Gasteiger partial charge in [0.15, 0.2) is 0 Å². The molecular formula is C17H15Cl2N3O. The molecule has 118 valence electrons. The first-order valence-electron chi connectivity index (χ1n) is 7.03. The molecule has 0 saturated carbocycles. The first-order valence-corrected chi connectivity index (χ1v) is 7.79. The standard InChI is InChI=1S/C17H15Cl2N3O/c18-14-3-1-2-12(8-14)6-7-21-17(23)11-22-15-5-4-13(10-20)16(19)9-15/h1-5,8-9,22H,6-7,11H2,(H,21,23). The Labute approximate surface area is 145 Å². The lowest BCUT2D eigenvalue weighted by molar-refractivity contribution is -0.119. The summed E-state index contributed by atoms with van der Waals surface area (Å²) in [5, 5.41) is 15.7. The number of carbonyl (C=O) groups excluding carboxylic acids is 1. The number of rotatable bonds is 6. The van der Waals surface area contributed by atoms with E-state index in [1.165, 1.54) is 0 Å². The van der Waals surface area contributed by atoms with Crippen LogP contribution in [0.1, 0.15) is 11.1 Å². The average molecular weight is 348 g/mol. The summed E-state index contributed by atoms with van der Waals surface area (Å²) in [7, 11) is 0. The van der Waals surface area contributed by atoms with Crippen molar-refractivity contribution in [1.29, 1.82) is 5.26 Å². The highest BCUT2D eigenvalue weighted by Crippen LogP contribution is 2.19. The van der Waals surface area contributed by atoms with Crippen molar-refractivity contribution in [3.63, 3.8) is 0 Å². The normalized spacial score (nSPS) is 9.96. The highest BCUT2D eigenvalue weighted by molar-refractivity contribution is 6.32. The summed E-state index contributed by atoms with van der Waals surface area (Å²) in [6, 6.07) is 14.5. The third-order valence-corrected chi connectivity index (χ3v) is 3.72. The van der Waals surface area contributed by atoms with Gasteiger partial charge in [-0.2, -0.15) is 5.26 Å². The first-order chi connectivity index (χ1) is 11.1. The van der Waals surface area contributed by atoms with Gasteiger partial charge in [0.05, 0.1) is 17.1 Å². The zero-order chi connectivity index (χ0) is 16.7. The highest BCUT2D eigenvalue weighted by Gasteiger charge is 2.04. The molecule has 2 aromatic rings. The summed E-state index contributed by atoms with van der Waals surface area (Å²) in [6.07, 6.45) is 0.717. The monoisotopic (exact) mass is 347 g/mol. The van der Waals surface area contributed by atoms with Crippen LogP contribution in [0.2, 0.25) is 10.0 Å². The van der Waals surface area contributed by atoms with E-state index in [0.717, 1.165) is 12.0 Å². The Hall–Kier alpha value is -2.22. The van der Waals surface area contributed by atoms with Gasteiger partial charge in [-0.05, 0) is 42.3 Å². The van der Waals surface area contributed by atoms with Crippen LogP contribution in [0, 0.1) is 11.3 Å². The van der Waals surface area contributed by atoms with Gasteiger partial charge in [-0.25, -0.2) is 0 Å². The van der Waals surface area contributed by atoms with Crippen molar-refractivity contribution >= 4 is 34.8 Å². The maximum absolute atomic E-state index is 11.8. The lowest BCUT2D eigenvalue weighted by atomic mass is 10.1. The summed E-state index contributed by atoms with van der Waals surface area (Å²) in [4.78, 5) is 11.8. The van der Waals surface area contributed by atoms with E-state index in [9.17, 15) is 4.79 Å². The molecule has 23 heavy (non-hydrogen) atoms. The van der Waals surface area contributed by atoms with Gasteiger partial charge in [0.1, 0.15) is 6.07 Å². The number of hydrogen-bond donors (Lipinski definition) is 2. The van der Waals surface area contributed by atoms with E-state index in [1.807, 2.05) is 30.3 Å². The van der Waals surface area contributed by atoms with Crippen molar-refractivity contribution in [2.75, 3.05) is 18.4 Å². The molecule has 2 rings (SSSR count). The maximum Gasteiger partial charge on any atom is 0.239 e. The summed E-state index contributed by atoms with van der Waals surface area (Å²) in [5.41, 5.74) is 2.17. The molecule has 0 heterocycles. The first kappa shape index (κ1) is 17.1. The Kier molecular flexibility index (Phi) is 6.28. The minimum Gasteiger partial charge on any atom is -0.376 e. The minimum atomic E-state index is -0.118. The largest absolute Gasteiger partial charge is 0.376 e. The summed E-state index contributed by atoms with van der Waals surface area (Å²) in [5.74, 6) is -0.118. The van der Waals surface area contributed by atoms with Crippen molar-refractivity contribution in [3.05, 3.63) is 63.6 Å². The second-order valence-corrected chi connectivity index (χ2v) is 5.73. The minimum absolute atomic E-state index is 0.118. The summed E-state index contributed by atoms with van der Waals surface area (Å²) in [6.45, 7) is 0.673. The van der Waals surface area contributed by atoms with E-state index in [1.54, 1.807) is 18.2 Å². The molecule has 6 heteroatoms. The SMILES string of the molecule is N#Cc1ccc(NCC(=O)NCCc2cccc(Cl)c2)cc1Cl. The topological polar surface area (TPSA) is 64.9 Å². The Morgan fingerprint density at radius 3 is 2.70 bits per heavy atom. The zero-order valence-electron chi connectivity index (χ0n) is 12.3. The molecule has 0 fully saturated rings. The molecule has 4 nitrogen and oxygen atoms in total. The van der Waals surface area contributed by atoms with Crippen molar-refractivity contribution in [3.8, 4) is 6.07 Å². The molecule has 1 amide bonds. The van der Waals surface area contributed by atoms with Crippen LogP contribution in [0.5, 0.6) is 0 Å². The zero-order valence-corrected chi connectivity index (χ0v) is 13.8. The van der Waals surface area contributed by atoms with Crippen LogP contribution in [-0.4, -0.2) is 19.0 Å². The molecule has 0 aromatic heterocycles. The highest BCUT2D eigenvalue weighted by atomic mass is 35.5. The van der Waals surface area contributed by atoms with Crippen LogP contribution in [0.25, 0.3) is 0 Å². The van der Waals surface area contributed by atoms with Gasteiger partial charge < -0.3 is 10.6 Å². The van der Waals surface area contributed by atoms with E-state index < -0.39 is 0 Å². The molecule has 0 aliphatic heterocycles. The van der Waals surface area contributed by atoms with Crippen LogP contribution >= 0.6 is 23.2 Å². The Balaban J connectivity index is 1.75. The Bertz CT molecular complexity index is 741. The van der Waals surface area contributed by atoms with Crippen LogP contribution < -0.4 is 10.6 Å². The molecule has 0 spiro atoms. The third kappa shape index (κ3) is 5.48. The number of nitrogens with zero attached hydrogens (tertiary/aromatic N) is 1. The number of carbonyl (C=O) groups is 1. The van der Waals surface area contributed by atoms with Crippen LogP contribution in [0.4, 0.5) is 5.69 Å². The van der Waals surface area contributed by atoms with E-state index in [2.05, 4.69) is 10.6 Å². The van der Waals surface area contributed by atoms with Crippen molar-refractivity contribution in [2.45, 2.75) is 6.42 Å². The maximum atomic E-state index is 11.8. The number of halogens is 2. The van der Waals surface area contributed by atoms with Crippen LogP contribution in [0.3, 0.4) is 0 Å². The molecule has 0 aliphatic rings. The Morgan fingerprint density at radius 2 is 2.00 bits per heavy atom. The number of benzene rings is 2. The lowest BCUT2D eigenvalue weighted by Crippen LogP contribution is -2.31. The van der Waals surface area contributed by atoms with Gasteiger partial charge in [-0.3, -0.25) is 4.79 Å². The lowest BCUT2D eigenvalue weighted by Gasteiger charge is -2.08. The van der Waals surface area contributed by atoms with E-state index in [-0.39, 0.29) is 12.5 Å².